The molecule has 1 N–H and O–H groups in total. The number of halogens is 1. The molecule has 0 atom stereocenters. The first kappa shape index (κ1) is 23.9. The van der Waals surface area contributed by atoms with E-state index in [9.17, 15) is 18.5 Å². The van der Waals surface area contributed by atoms with E-state index < -0.39 is 16.0 Å². The van der Waals surface area contributed by atoms with Crippen LogP contribution in [0.3, 0.4) is 0 Å². The van der Waals surface area contributed by atoms with Crippen molar-refractivity contribution in [3.05, 3.63) is 89.0 Å². The number of carbonyl (C=O) groups is 1. The maximum absolute atomic E-state index is 12.4. The summed E-state index contributed by atoms with van der Waals surface area (Å²) in [5, 5.41) is 12.4. The fourth-order valence-electron chi connectivity index (χ4n) is 2.71. The first-order chi connectivity index (χ1) is 15.8. The van der Waals surface area contributed by atoms with Crippen LogP contribution in [0.25, 0.3) is 6.08 Å². The molecule has 0 aliphatic rings. The summed E-state index contributed by atoms with van der Waals surface area (Å²) in [4.78, 5) is 12.4. The molecule has 7 nitrogen and oxygen atoms in total. The lowest BCUT2D eigenvalue weighted by Gasteiger charge is -2.08. The van der Waals surface area contributed by atoms with Gasteiger partial charge in [0, 0.05) is 10.7 Å². The summed E-state index contributed by atoms with van der Waals surface area (Å²) in [6, 6.07) is 20.2. The van der Waals surface area contributed by atoms with E-state index in [1.165, 1.54) is 54.6 Å². The molecule has 168 valence electrons. The number of hydrogen-bond donors (Lipinski definition) is 1. The molecule has 3 aromatic carbocycles. The van der Waals surface area contributed by atoms with Gasteiger partial charge in [-0.15, -0.1) is 0 Å². The Morgan fingerprint density at radius 3 is 2.18 bits per heavy atom. The molecule has 9 heteroatoms. The monoisotopic (exact) mass is 482 g/mol. The van der Waals surface area contributed by atoms with Crippen LogP contribution in [0, 0.1) is 11.3 Å². The van der Waals surface area contributed by atoms with Crippen LogP contribution < -0.4 is 14.2 Å². The van der Waals surface area contributed by atoms with Crippen LogP contribution >= 0.6 is 11.6 Å². The molecular formula is C24H19ClN2O5S. The van der Waals surface area contributed by atoms with Gasteiger partial charge in [0.25, 0.3) is 5.91 Å². The molecule has 0 spiro atoms. The summed E-state index contributed by atoms with van der Waals surface area (Å²) in [7, 11) is -4.03. The lowest BCUT2D eigenvalue weighted by Crippen LogP contribution is -2.13. The second kappa shape index (κ2) is 10.7. The number of carbonyl (C=O) groups excluding carboxylic acids is 1. The maximum Gasteiger partial charge on any atom is 0.339 e. The lowest BCUT2D eigenvalue weighted by atomic mass is 10.1. The van der Waals surface area contributed by atoms with Crippen LogP contribution in [-0.4, -0.2) is 20.9 Å². The number of ether oxygens (including phenoxy) is 1. The third-order valence-electron chi connectivity index (χ3n) is 4.29. The molecule has 0 aliphatic heterocycles. The molecule has 0 bridgehead atoms. The van der Waals surface area contributed by atoms with Crippen molar-refractivity contribution < 1.29 is 22.1 Å². The molecule has 0 aliphatic carbocycles. The predicted octanol–water partition coefficient (Wildman–Crippen LogP) is 5.05. The normalized spacial score (nSPS) is 11.4. The molecule has 0 aromatic heterocycles. The smallest absolute Gasteiger partial charge is 0.339 e. The fraction of sp³-hybridized carbons (Fsp3) is 0.0833. The molecule has 3 aromatic rings. The molecule has 3 rings (SSSR count). The third-order valence-corrected chi connectivity index (χ3v) is 5.80. The van der Waals surface area contributed by atoms with Crippen LogP contribution in [0.2, 0.25) is 5.02 Å². The number of nitrogens with one attached hydrogen (secondary N) is 1. The molecule has 0 radical (unpaired) electrons. The highest BCUT2D eigenvalue weighted by atomic mass is 35.5. The lowest BCUT2D eigenvalue weighted by molar-refractivity contribution is -0.112. The molecule has 0 saturated carbocycles. The van der Waals surface area contributed by atoms with E-state index in [-0.39, 0.29) is 16.2 Å². The number of rotatable bonds is 8. The summed E-state index contributed by atoms with van der Waals surface area (Å²) in [5.74, 6) is 0.179. The van der Waals surface area contributed by atoms with Crippen LogP contribution in [0.5, 0.6) is 11.5 Å². The maximum atomic E-state index is 12.4. The van der Waals surface area contributed by atoms with Crippen LogP contribution in [0.4, 0.5) is 5.69 Å². The highest BCUT2D eigenvalue weighted by molar-refractivity contribution is 7.87. The van der Waals surface area contributed by atoms with E-state index in [0.717, 1.165) is 0 Å². The van der Waals surface area contributed by atoms with Crippen molar-refractivity contribution in [3.63, 3.8) is 0 Å². The van der Waals surface area contributed by atoms with Crippen molar-refractivity contribution in [1.82, 2.24) is 0 Å². The Hall–Kier alpha value is -3.80. The Kier molecular flexibility index (Phi) is 7.72. The van der Waals surface area contributed by atoms with Crippen molar-refractivity contribution in [2.75, 3.05) is 11.9 Å². The summed E-state index contributed by atoms with van der Waals surface area (Å²) >= 11 is 5.78. The van der Waals surface area contributed by atoms with E-state index in [2.05, 4.69) is 5.32 Å². The van der Waals surface area contributed by atoms with Crippen LogP contribution in [0.15, 0.2) is 83.3 Å². The zero-order chi connectivity index (χ0) is 23.8. The SMILES string of the molecule is CCOc1ccc(NC(=O)/C(C#N)=C/c2ccc(OS(=O)(=O)c3ccc(Cl)cc3)cc2)cc1. The average molecular weight is 483 g/mol. The molecule has 0 fully saturated rings. The Morgan fingerprint density at radius 2 is 1.61 bits per heavy atom. The van der Waals surface area contributed by atoms with Crippen LogP contribution in [0.1, 0.15) is 12.5 Å². The first-order valence-corrected chi connectivity index (χ1v) is 11.6. The van der Waals surface area contributed by atoms with E-state index in [4.69, 9.17) is 20.5 Å². The van der Waals surface area contributed by atoms with Gasteiger partial charge in [-0.25, -0.2) is 0 Å². The van der Waals surface area contributed by atoms with E-state index in [0.29, 0.717) is 28.6 Å². The minimum Gasteiger partial charge on any atom is -0.494 e. The molecular weight excluding hydrogens is 464 g/mol. The number of benzene rings is 3. The topological polar surface area (TPSA) is 105 Å². The van der Waals surface area contributed by atoms with Crippen LogP contribution in [-0.2, 0) is 14.9 Å². The van der Waals surface area contributed by atoms with Gasteiger partial charge in [0.1, 0.15) is 28.0 Å². The number of nitrogens with zero attached hydrogens (tertiary/aromatic N) is 1. The number of amides is 1. The van der Waals surface area contributed by atoms with E-state index in [1.807, 2.05) is 13.0 Å². The quantitative estimate of drug-likeness (QED) is 0.273. The van der Waals surface area contributed by atoms with Crippen molar-refractivity contribution in [3.8, 4) is 17.6 Å². The van der Waals surface area contributed by atoms with Gasteiger partial charge in [0.2, 0.25) is 0 Å². The van der Waals surface area contributed by atoms with Crippen molar-refractivity contribution >= 4 is 39.4 Å². The summed E-state index contributed by atoms with van der Waals surface area (Å²) in [6.45, 7) is 2.40. The van der Waals surface area contributed by atoms with Gasteiger partial charge < -0.3 is 14.2 Å². The van der Waals surface area contributed by atoms with Gasteiger partial charge in [-0.3, -0.25) is 4.79 Å². The summed E-state index contributed by atoms with van der Waals surface area (Å²) in [6.07, 6.45) is 1.39. The molecule has 1 amide bonds. The largest absolute Gasteiger partial charge is 0.494 e. The minimum absolute atomic E-state index is 0.0337. The first-order valence-electron chi connectivity index (χ1n) is 9.77. The standard InChI is InChI=1S/C24H19ClN2O5S/c1-2-31-21-11-7-20(8-12-21)27-24(28)18(16-26)15-17-3-9-22(10-4-17)32-33(29,30)23-13-5-19(25)6-14-23/h3-15H,2H2,1H3,(H,27,28)/b18-15+. The number of nitriles is 1. The van der Waals surface area contributed by atoms with Gasteiger partial charge in [0.05, 0.1) is 6.61 Å². The fourth-order valence-corrected chi connectivity index (χ4v) is 3.77. The highest BCUT2D eigenvalue weighted by Crippen LogP contribution is 2.22. The number of hydrogen-bond acceptors (Lipinski definition) is 6. The summed E-state index contributed by atoms with van der Waals surface area (Å²) < 4.78 is 35.2. The molecule has 0 saturated heterocycles. The Balaban J connectivity index is 1.69. The molecule has 0 heterocycles. The van der Waals surface area contributed by atoms with Gasteiger partial charge in [-0.2, -0.15) is 13.7 Å². The average Bonchev–Trinajstić information content (AvgIpc) is 2.80. The predicted molar refractivity (Wildman–Crippen MR) is 126 cm³/mol. The van der Waals surface area contributed by atoms with E-state index in [1.54, 1.807) is 24.3 Å². The van der Waals surface area contributed by atoms with Gasteiger partial charge >= 0.3 is 10.1 Å². The van der Waals surface area contributed by atoms with Gasteiger partial charge in [0.15, 0.2) is 0 Å². The Bertz CT molecular complexity index is 1290. The Morgan fingerprint density at radius 1 is 1.00 bits per heavy atom. The zero-order valence-corrected chi connectivity index (χ0v) is 19.1. The van der Waals surface area contributed by atoms with Crippen molar-refractivity contribution in [2.45, 2.75) is 11.8 Å². The Labute approximate surface area is 197 Å². The second-order valence-corrected chi connectivity index (χ2v) is 8.62. The number of anilines is 1. The van der Waals surface area contributed by atoms with Gasteiger partial charge in [-0.1, -0.05) is 23.7 Å². The van der Waals surface area contributed by atoms with Gasteiger partial charge in [-0.05, 0) is 79.2 Å². The minimum atomic E-state index is -4.03. The zero-order valence-electron chi connectivity index (χ0n) is 17.5. The highest BCUT2D eigenvalue weighted by Gasteiger charge is 2.16. The second-order valence-electron chi connectivity index (χ2n) is 6.64. The van der Waals surface area contributed by atoms with E-state index >= 15 is 0 Å². The summed E-state index contributed by atoms with van der Waals surface area (Å²) in [5.41, 5.74) is 0.914. The molecule has 0 unspecified atom stereocenters. The molecule has 33 heavy (non-hydrogen) atoms. The third kappa shape index (κ3) is 6.59. The van der Waals surface area contributed by atoms with Crippen molar-refractivity contribution in [1.29, 1.82) is 5.26 Å². The van der Waals surface area contributed by atoms with Crippen molar-refractivity contribution in [2.24, 2.45) is 0 Å².